The first-order valence-corrected chi connectivity index (χ1v) is 12.0. The summed E-state index contributed by atoms with van der Waals surface area (Å²) < 4.78 is 45.4. The van der Waals surface area contributed by atoms with E-state index in [2.05, 4.69) is 15.3 Å². The number of aromatic nitrogens is 3. The zero-order valence-electron chi connectivity index (χ0n) is 17.6. The van der Waals surface area contributed by atoms with Crippen molar-refractivity contribution in [3.63, 3.8) is 0 Å². The molecule has 1 aliphatic rings. The topological polar surface area (TPSA) is 85.6 Å². The van der Waals surface area contributed by atoms with Crippen molar-refractivity contribution >= 4 is 21.4 Å². The highest BCUT2D eigenvalue weighted by atomic mass is 32.2. The summed E-state index contributed by atoms with van der Waals surface area (Å²) in [6.07, 6.45) is 5.40. The van der Waals surface area contributed by atoms with Crippen molar-refractivity contribution in [2.45, 2.75) is 24.8 Å². The van der Waals surface area contributed by atoms with E-state index in [-0.39, 0.29) is 17.3 Å². The summed E-state index contributed by atoms with van der Waals surface area (Å²) in [6.45, 7) is 2.70. The molecule has 0 atom stereocenters. The van der Waals surface area contributed by atoms with Crippen LogP contribution in [0.5, 0.6) is 5.75 Å². The maximum Gasteiger partial charge on any atom is 0.208 e. The number of rotatable bonds is 5. The third-order valence-corrected chi connectivity index (χ3v) is 6.70. The summed E-state index contributed by atoms with van der Waals surface area (Å²) in [4.78, 5) is 9.42. The highest BCUT2D eigenvalue weighted by Gasteiger charge is 2.20. The summed E-state index contributed by atoms with van der Waals surface area (Å²) in [5.41, 5.74) is 4.51. The van der Waals surface area contributed by atoms with Gasteiger partial charge in [-0.05, 0) is 36.8 Å². The molecule has 0 spiro atoms. The molecule has 1 N–H and O–H groups in total. The van der Waals surface area contributed by atoms with Gasteiger partial charge < -0.3 is 10.1 Å². The quantitative estimate of drug-likeness (QED) is 0.496. The van der Waals surface area contributed by atoms with Gasteiger partial charge in [0.15, 0.2) is 9.84 Å². The first-order chi connectivity index (χ1) is 15.3. The van der Waals surface area contributed by atoms with Gasteiger partial charge in [-0.2, -0.15) is 0 Å². The molecule has 0 bridgehead atoms. The van der Waals surface area contributed by atoms with Crippen molar-refractivity contribution in [1.82, 2.24) is 14.4 Å². The predicted octanol–water partition coefficient (Wildman–Crippen LogP) is 3.79. The average Bonchev–Trinajstić information content (AvgIpc) is 3.38. The van der Waals surface area contributed by atoms with Crippen LogP contribution in [0.25, 0.3) is 16.8 Å². The molecule has 3 heterocycles. The molecule has 0 radical (unpaired) electrons. The Morgan fingerprint density at radius 3 is 2.72 bits per heavy atom. The first kappa shape index (κ1) is 20.4. The molecule has 0 fully saturated rings. The summed E-state index contributed by atoms with van der Waals surface area (Å²) in [6, 6.07) is 9.73. The number of fused-ring (bicyclic) bond motifs is 2. The fraction of sp³-hybridized carbons (Fsp3) is 0.217. The van der Waals surface area contributed by atoms with E-state index < -0.39 is 9.84 Å². The van der Waals surface area contributed by atoms with Gasteiger partial charge in [-0.25, -0.2) is 22.8 Å². The molecular weight excluding hydrogens is 431 g/mol. The zero-order valence-corrected chi connectivity index (χ0v) is 18.4. The monoisotopic (exact) mass is 452 g/mol. The lowest BCUT2D eigenvalue weighted by atomic mass is 10.0. The van der Waals surface area contributed by atoms with E-state index in [0.29, 0.717) is 30.2 Å². The molecule has 0 unspecified atom stereocenters. The van der Waals surface area contributed by atoms with Crippen LogP contribution in [-0.2, 0) is 22.8 Å². The van der Waals surface area contributed by atoms with Crippen LogP contribution in [0.15, 0.2) is 53.7 Å². The highest BCUT2D eigenvalue weighted by molar-refractivity contribution is 7.90. The van der Waals surface area contributed by atoms with Crippen molar-refractivity contribution in [3.8, 4) is 16.9 Å². The van der Waals surface area contributed by atoms with Gasteiger partial charge in [0.25, 0.3) is 0 Å². The van der Waals surface area contributed by atoms with E-state index >= 15 is 0 Å². The molecule has 32 heavy (non-hydrogen) atoms. The fourth-order valence-electron chi connectivity index (χ4n) is 3.98. The third kappa shape index (κ3) is 3.58. The number of hydrogen-bond acceptors (Lipinski definition) is 6. The normalized spacial score (nSPS) is 13.2. The van der Waals surface area contributed by atoms with Crippen LogP contribution in [0.1, 0.15) is 16.8 Å². The smallest absolute Gasteiger partial charge is 0.208 e. The number of nitrogens with one attached hydrogen (secondary N) is 1. The van der Waals surface area contributed by atoms with Crippen LogP contribution >= 0.6 is 0 Å². The Morgan fingerprint density at radius 2 is 1.97 bits per heavy atom. The summed E-state index contributed by atoms with van der Waals surface area (Å²) >= 11 is 0. The minimum atomic E-state index is -3.27. The lowest BCUT2D eigenvalue weighted by Crippen LogP contribution is -2.09. The molecular formula is C23H21FN4O3S. The van der Waals surface area contributed by atoms with E-state index in [0.717, 1.165) is 28.1 Å². The second kappa shape index (κ2) is 7.59. The van der Waals surface area contributed by atoms with E-state index in [1.807, 2.05) is 17.5 Å². The second-order valence-corrected chi connectivity index (χ2v) is 9.84. The van der Waals surface area contributed by atoms with E-state index in [9.17, 15) is 12.8 Å². The molecule has 0 aliphatic carbocycles. The molecule has 164 valence electrons. The van der Waals surface area contributed by atoms with Gasteiger partial charge in [-0.15, -0.1) is 0 Å². The van der Waals surface area contributed by atoms with E-state index in [1.54, 1.807) is 36.5 Å². The molecule has 0 saturated heterocycles. The van der Waals surface area contributed by atoms with Crippen LogP contribution < -0.4 is 10.1 Å². The number of benzene rings is 2. The van der Waals surface area contributed by atoms with Gasteiger partial charge in [-0.3, -0.25) is 4.40 Å². The molecule has 2 aromatic heterocycles. The lowest BCUT2D eigenvalue weighted by Gasteiger charge is -2.13. The van der Waals surface area contributed by atoms with Gasteiger partial charge in [0.05, 0.1) is 17.2 Å². The van der Waals surface area contributed by atoms with E-state index in [1.165, 1.54) is 12.3 Å². The van der Waals surface area contributed by atoms with Crippen molar-refractivity contribution in [2.75, 3.05) is 18.2 Å². The Balaban J connectivity index is 1.50. The summed E-state index contributed by atoms with van der Waals surface area (Å²) in [7, 11) is -3.27. The van der Waals surface area contributed by atoms with Gasteiger partial charge in [0.1, 0.15) is 17.2 Å². The second-order valence-electron chi connectivity index (χ2n) is 7.82. The number of sulfone groups is 1. The molecule has 7 nitrogen and oxygen atoms in total. The molecule has 0 saturated carbocycles. The minimum absolute atomic E-state index is 0.254. The number of hydrogen-bond donors (Lipinski definition) is 1. The molecule has 5 rings (SSSR count). The van der Waals surface area contributed by atoms with Crippen LogP contribution in [0.3, 0.4) is 0 Å². The van der Waals surface area contributed by atoms with Crippen molar-refractivity contribution in [2.24, 2.45) is 0 Å². The molecule has 2 aromatic carbocycles. The fourth-order valence-corrected chi connectivity index (χ4v) is 4.62. The number of halogens is 1. The van der Waals surface area contributed by atoms with Crippen LogP contribution in [0.4, 0.5) is 10.3 Å². The minimum Gasteiger partial charge on any atom is -0.493 e. The lowest BCUT2D eigenvalue weighted by molar-refractivity contribution is 0.356. The molecule has 1 aliphatic heterocycles. The maximum absolute atomic E-state index is 14.5. The maximum atomic E-state index is 14.5. The third-order valence-electron chi connectivity index (χ3n) is 5.57. The molecule has 4 aromatic rings. The van der Waals surface area contributed by atoms with Crippen molar-refractivity contribution in [3.05, 3.63) is 71.4 Å². The number of imidazole rings is 1. The Hall–Kier alpha value is -3.46. The van der Waals surface area contributed by atoms with Gasteiger partial charge in [0, 0.05) is 48.3 Å². The van der Waals surface area contributed by atoms with E-state index in [4.69, 9.17) is 4.74 Å². The van der Waals surface area contributed by atoms with Gasteiger partial charge in [-0.1, -0.05) is 12.1 Å². The Bertz CT molecular complexity index is 1450. The first-order valence-electron chi connectivity index (χ1n) is 10.1. The van der Waals surface area contributed by atoms with Crippen LogP contribution in [0, 0.1) is 12.7 Å². The number of aryl methyl sites for hydroxylation is 1. The average molecular weight is 453 g/mol. The summed E-state index contributed by atoms with van der Waals surface area (Å²) in [5.74, 6) is 0.989. The Kier molecular flexibility index (Phi) is 4.85. The van der Waals surface area contributed by atoms with Crippen LogP contribution in [-0.4, -0.2) is 35.6 Å². The highest BCUT2D eigenvalue weighted by Crippen LogP contribution is 2.31. The van der Waals surface area contributed by atoms with Crippen molar-refractivity contribution < 1.29 is 17.5 Å². The number of anilines is 1. The predicted molar refractivity (Wildman–Crippen MR) is 119 cm³/mol. The molecule has 9 heteroatoms. The van der Waals surface area contributed by atoms with Crippen LogP contribution in [0.2, 0.25) is 0 Å². The van der Waals surface area contributed by atoms with Gasteiger partial charge >= 0.3 is 0 Å². The zero-order chi connectivity index (χ0) is 22.5. The molecule has 0 amide bonds. The SMILES string of the molecule is Cc1cn2c(NCc3c(F)ccc4c3CCO4)ncc(-c3ccc(S(C)(=O)=O)cc3)c2n1. The Morgan fingerprint density at radius 1 is 1.19 bits per heavy atom. The Labute approximate surface area is 184 Å². The largest absolute Gasteiger partial charge is 0.493 e. The number of nitrogens with zero attached hydrogens (tertiary/aromatic N) is 3. The summed E-state index contributed by atoms with van der Waals surface area (Å²) in [5, 5.41) is 3.23. The standard InChI is InChI=1S/C23H21FN4O3S/c1-14-13-28-22(27-14)18(15-3-5-16(6-4-15)32(2,29)30)11-25-23(28)26-12-19-17-9-10-31-21(17)8-7-20(19)24/h3-8,11,13H,9-10,12H2,1-2H3,(H,25,26). The van der Waals surface area contributed by atoms with Crippen molar-refractivity contribution in [1.29, 1.82) is 0 Å². The van der Waals surface area contributed by atoms with Gasteiger partial charge in [0.2, 0.25) is 5.95 Å². The number of ether oxygens (including phenoxy) is 1.